The summed E-state index contributed by atoms with van der Waals surface area (Å²) in [6, 6.07) is 9.41. The smallest absolute Gasteiger partial charge is 0.125 e. The molecule has 2 rings (SSSR count). The Balaban J connectivity index is 2.27. The fourth-order valence-corrected chi connectivity index (χ4v) is 2.27. The highest BCUT2D eigenvalue weighted by Crippen LogP contribution is 2.30. The van der Waals surface area contributed by atoms with Gasteiger partial charge in [-0.25, -0.2) is 0 Å². The van der Waals surface area contributed by atoms with Gasteiger partial charge in [-0.1, -0.05) is 18.2 Å². The predicted octanol–water partition coefficient (Wildman–Crippen LogP) is 2.32. The number of hydrogen-bond acceptors (Lipinski definition) is 4. The summed E-state index contributed by atoms with van der Waals surface area (Å²) in [5.41, 5.74) is 2.41. The molecular formula is C16H22N2O3. The predicted molar refractivity (Wildman–Crippen MR) is 80.5 cm³/mol. The summed E-state index contributed by atoms with van der Waals surface area (Å²) in [4.78, 5) is 0. The van der Waals surface area contributed by atoms with Crippen LogP contribution < -0.4 is 4.74 Å². The molecule has 0 spiro atoms. The van der Waals surface area contributed by atoms with Crippen LogP contribution in [0.25, 0.3) is 0 Å². The molecular weight excluding hydrogens is 268 g/mol. The topological polar surface area (TPSA) is 56.5 Å². The van der Waals surface area contributed by atoms with Gasteiger partial charge < -0.3 is 14.6 Å². The molecule has 0 aliphatic rings. The lowest BCUT2D eigenvalue weighted by molar-refractivity contribution is 0.142. The monoisotopic (exact) mass is 290 g/mol. The van der Waals surface area contributed by atoms with Crippen molar-refractivity contribution in [2.45, 2.75) is 26.5 Å². The second kappa shape index (κ2) is 7.24. The molecule has 1 heterocycles. The number of rotatable bonds is 7. The Morgan fingerprint density at radius 1 is 1.29 bits per heavy atom. The molecule has 1 aromatic carbocycles. The SMILES string of the molecule is CCn1nc(C)cc1C(O)c1ccccc1OCCOC. The summed E-state index contributed by atoms with van der Waals surface area (Å²) in [5, 5.41) is 15.1. The lowest BCUT2D eigenvalue weighted by atomic mass is 10.1. The van der Waals surface area contributed by atoms with Crippen LogP contribution in [0, 0.1) is 6.92 Å². The van der Waals surface area contributed by atoms with Crippen molar-refractivity contribution in [2.75, 3.05) is 20.3 Å². The molecule has 5 nitrogen and oxygen atoms in total. The van der Waals surface area contributed by atoms with Gasteiger partial charge in [0.15, 0.2) is 0 Å². The highest BCUT2D eigenvalue weighted by molar-refractivity contribution is 5.39. The molecule has 5 heteroatoms. The van der Waals surface area contributed by atoms with Crippen molar-refractivity contribution in [3.63, 3.8) is 0 Å². The van der Waals surface area contributed by atoms with E-state index >= 15 is 0 Å². The van der Waals surface area contributed by atoms with Gasteiger partial charge in [0.1, 0.15) is 18.5 Å². The van der Waals surface area contributed by atoms with Crippen molar-refractivity contribution in [1.29, 1.82) is 0 Å². The zero-order valence-corrected chi connectivity index (χ0v) is 12.7. The van der Waals surface area contributed by atoms with E-state index in [1.807, 2.05) is 48.9 Å². The average Bonchev–Trinajstić information content (AvgIpc) is 2.88. The van der Waals surface area contributed by atoms with E-state index in [0.29, 0.717) is 25.5 Å². The normalized spacial score (nSPS) is 12.4. The maximum atomic E-state index is 10.7. The third-order valence-corrected chi connectivity index (χ3v) is 3.27. The molecule has 1 unspecified atom stereocenters. The molecule has 1 aromatic heterocycles. The molecule has 0 amide bonds. The zero-order chi connectivity index (χ0) is 15.2. The highest BCUT2D eigenvalue weighted by Gasteiger charge is 2.19. The quantitative estimate of drug-likeness (QED) is 0.795. The number of methoxy groups -OCH3 is 1. The number of aromatic nitrogens is 2. The second-order valence-corrected chi connectivity index (χ2v) is 4.81. The average molecular weight is 290 g/mol. The van der Waals surface area contributed by atoms with Crippen LogP contribution in [-0.2, 0) is 11.3 Å². The largest absolute Gasteiger partial charge is 0.491 e. The van der Waals surface area contributed by atoms with Crippen LogP contribution in [0.5, 0.6) is 5.75 Å². The van der Waals surface area contributed by atoms with Gasteiger partial charge in [0.25, 0.3) is 0 Å². The van der Waals surface area contributed by atoms with E-state index in [1.54, 1.807) is 7.11 Å². The van der Waals surface area contributed by atoms with Crippen molar-refractivity contribution < 1.29 is 14.6 Å². The van der Waals surface area contributed by atoms with E-state index in [-0.39, 0.29) is 0 Å². The molecule has 114 valence electrons. The maximum absolute atomic E-state index is 10.7. The molecule has 0 bridgehead atoms. The summed E-state index contributed by atoms with van der Waals surface area (Å²) in [6.45, 7) is 5.60. The number of nitrogens with zero attached hydrogens (tertiary/aromatic N) is 2. The summed E-state index contributed by atoms with van der Waals surface area (Å²) in [7, 11) is 1.63. The van der Waals surface area contributed by atoms with Crippen LogP contribution in [0.3, 0.4) is 0 Å². The second-order valence-electron chi connectivity index (χ2n) is 4.81. The Morgan fingerprint density at radius 2 is 2.05 bits per heavy atom. The van der Waals surface area contributed by atoms with E-state index in [0.717, 1.165) is 17.0 Å². The number of aliphatic hydroxyl groups excluding tert-OH is 1. The van der Waals surface area contributed by atoms with Crippen LogP contribution in [0.15, 0.2) is 30.3 Å². The molecule has 2 aromatic rings. The lowest BCUT2D eigenvalue weighted by Gasteiger charge is -2.17. The van der Waals surface area contributed by atoms with Crippen LogP contribution in [0.1, 0.15) is 30.0 Å². The molecule has 0 aliphatic heterocycles. The van der Waals surface area contributed by atoms with E-state index in [2.05, 4.69) is 5.10 Å². The molecule has 0 aliphatic carbocycles. The van der Waals surface area contributed by atoms with Gasteiger partial charge in [-0.3, -0.25) is 4.68 Å². The van der Waals surface area contributed by atoms with Gasteiger partial charge in [0.05, 0.1) is 18.0 Å². The molecule has 0 radical (unpaired) electrons. The Hall–Kier alpha value is -1.85. The zero-order valence-electron chi connectivity index (χ0n) is 12.7. The van der Waals surface area contributed by atoms with E-state index < -0.39 is 6.10 Å². The van der Waals surface area contributed by atoms with Gasteiger partial charge in [-0.2, -0.15) is 5.10 Å². The molecule has 0 saturated carbocycles. The maximum Gasteiger partial charge on any atom is 0.125 e. The lowest BCUT2D eigenvalue weighted by Crippen LogP contribution is -2.12. The van der Waals surface area contributed by atoms with Crippen LogP contribution in [-0.4, -0.2) is 35.2 Å². The van der Waals surface area contributed by atoms with Crippen molar-refractivity contribution in [1.82, 2.24) is 9.78 Å². The molecule has 0 saturated heterocycles. The molecule has 1 atom stereocenters. The standard InChI is InChI=1S/C16H22N2O3/c1-4-18-14(11-12(2)17-18)16(19)13-7-5-6-8-15(13)21-10-9-20-3/h5-8,11,16,19H,4,9-10H2,1-3H3. The van der Waals surface area contributed by atoms with Crippen molar-refractivity contribution in [2.24, 2.45) is 0 Å². The fraction of sp³-hybridized carbons (Fsp3) is 0.438. The summed E-state index contributed by atoms with van der Waals surface area (Å²) in [6.07, 6.45) is -0.759. The van der Waals surface area contributed by atoms with E-state index in [1.165, 1.54) is 0 Å². The summed E-state index contributed by atoms with van der Waals surface area (Å²) >= 11 is 0. The number of ether oxygens (including phenoxy) is 2. The molecule has 21 heavy (non-hydrogen) atoms. The highest BCUT2D eigenvalue weighted by atomic mass is 16.5. The minimum Gasteiger partial charge on any atom is -0.491 e. The van der Waals surface area contributed by atoms with Crippen LogP contribution in [0.2, 0.25) is 0 Å². The van der Waals surface area contributed by atoms with Crippen LogP contribution in [0.4, 0.5) is 0 Å². The molecule has 0 fully saturated rings. The number of hydrogen-bond donors (Lipinski definition) is 1. The van der Waals surface area contributed by atoms with Crippen molar-refractivity contribution >= 4 is 0 Å². The first-order valence-corrected chi connectivity index (χ1v) is 7.10. The summed E-state index contributed by atoms with van der Waals surface area (Å²) < 4.78 is 12.5. The van der Waals surface area contributed by atoms with Gasteiger partial charge >= 0.3 is 0 Å². The molecule has 1 N–H and O–H groups in total. The van der Waals surface area contributed by atoms with Crippen molar-refractivity contribution in [3.05, 3.63) is 47.3 Å². The fourth-order valence-electron chi connectivity index (χ4n) is 2.27. The minimum atomic E-state index is -0.759. The van der Waals surface area contributed by atoms with Gasteiger partial charge in [0, 0.05) is 19.2 Å². The third-order valence-electron chi connectivity index (χ3n) is 3.27. The number of aryl methyl sites for hydroxylation is 2. The van der Waals surface area contributed by atoms with E-state index in [4.69, 9.17) is 9.47 Å². The first-order valence-electron chi connectivity index (χ1n) is 7.10. The van der Waals surface area contributed by atoms with E-state index in [9.17, 15) is 5.11 Å². The third kappa shape index (κ3) is 3.62. The van der Waals surface area contributed by atoms with Crippen molar-refractivity contribution in [3.8, 4) is 5.75 Å². The van der Waals surface area contributed by atoms with Gasteiger partial charge in [-0.05, 0) is 26.0 Å². The Morgan fingerprint density at radius 3 is 2.76 bits per heavy atom. The van der Waals surface area contributed by atoms with Crippen LogP contribution >= 0.6 is 0 Å². The number of benzene rings is 1. The Labute approximate surface area is 125 Å². The first kappa shape index (κ1) is 15.5. The number of para-hydroxylation sites is 1. The Bertz CT molecular complexity index is 581. The Kier molecular flexibility index (Phi) is 5.36. The van der Waals surface area contributed by atoms with Gasteiger partial charge in [0.2, 0.25) is 0 Å². The minimum absolute atomic E-state index is 0.451. The van der Waals surface area contributed by atoms with Gasteiger partial charge in [-0.15, -0.1) is 0 Å². The first-order chi connectivity index (χ1) is 10.2. The summed E-state index contributed by atoms with van der Waals surface area (Å²) in [5.74, 6) is 0.670. The number of aliphatic hydroxyl groups is 1.